The molecule has 2 aromatic rings. The molecular weight excluding hydrogens is 773 g/mol. The predicted molar refractivity (Wildman–Crippen MR) is 219 cm³/mol. The lowest BCUT2D eigenvalue weighted by Gasteiger charge is -2.45. The minimum atomic E-state index is -3.16. The van der Waals surface area contributed by atoms with Gasteiger partial charge in [0.15, 0.2) is 16.6 Å². The van der Waals surface area contributed by atoms with Gasteiger partial charge in [-0.3, -0.25) is 0 Å². The van der Waals surface area contributed by atoms with Crippen molar-refractivity contribution in [2.75, 3.05) is 0 Å². The summed E-state index contributed by atoms with van der Waals surface area (Å²) in [6, 6.07) is 20.8. The lowest BCUT2D eigenvalue weighted by Crippen LogP contribution is -2.71. The smallest absolute Gasteiger partial charge is 0.388 e. The van der Waals surface area contributed by atoms with E-state index in [9.17, 15) is 0 Å². The van der Waals surface area contributed by atoms with Gasteiger partial charge in [0.25, 0.3) is 0 Å². The van der Waals surface area contributed by atoms with Gasteiger partial charge in [-0.25, -0.2) is 0 Å². The number of benzene rings is 2. The van der Waals surface area contributed by atoms with Crippen LogP contribution in [0.2, 0.25) is 111 Å². The van der Waals surface area contributed by atoms with Crippen LogP contribution in [0.25, 0.3) is 0 Å². The molecule has 0 aliphatic heterocycles. The maximum atomic E-state index is 7.32. The molecule has 0 saturated heterocycles. The number of hydrogen-bond acceptors (Lipinski definition) is 9. The normalized spacial score (nSPS) is 14.4. The van der Waals surface area contributed by atoms with Crippen LogP contribution in [0, 0.1) is 0 Å². The quantitative estimate of drug-likeness (QED) is 0.129. The largest absolute Gasteiger partial charge is 0.436 e. The highest BCUT2D eigenvalue weighted by Crippen LogP contribution is 2.28. The maximum Gasteiger partial charge on any atom is 0.388 e. The molecule has 0 aliphatic rings. The van der Waals surface area contributed by atoms with Crippen LogP contribution in [0.15, 0.2) is 60.7 Å². The molecule has 0 spiro atoms. The summed E-state index contributed by atoms with van der Waals surface area (Å²) in [7, 11) is -22.3. The van der Waals surface area contributed by atoms with E-state index >= 15 is 0 Å². The van der Waals surface area contributed by atoms with Gasteiger partial charge in [-0.05, 0) is 122 Å². The molecule has 0 bridgehead atoms. The van der Waals surface area contributed by atoms with E-state index in [1.165, 1.54) is 0 Å². The highest BCUT2D eigenvalue weighted by atomic mass is 28.5. The molecule has 9 nitrogen and oxygen atoms in total. The maximum absolute atomic E-state index is 7.32. The predicted octanol–water partition coefficient (Wildman–Crippen LogP) is 7.22. The SMILES string of the molecule is C[Si](O[Si](C)O[Si](C)(C)C)O[Si](C)O[Si](C)(C)O[Si](C)(C)O[Si](C)(C)O[Si](C)(C)O[Si](O[Si](C)(C)C)(c1ccccc1)c1ccccc1. The Morgan fingerprint density at radius 2 is 0.729 bits per heavy atom. The summed E-state index contributed by atoms with van der Waals surface area (Å²) in [5, 5.41) is 2.15. The third-order valence-corrected chi connectivity index (χ3v) is 38.1. The third-order valence-electron chi connectivity index (χ3n) is 6.04. The van der Waals surface area contributed by atoms with Gasteiger partial charge in [-0.2, -0.15) is 0 Å². The summed E-state index contributed by atoms with van der Waals surface area (Å²) in [4.78, 5) is 0. The molecule has 2 aromatic carbocycles. The summed E-state index contributed by atoms with van der Waals surface area (Å²) in [6.45, 7) is 35.8. The van der Waals surface area contributed by atoms with Gasteiger partial charge in [0.2, 0.25) is 0 Å². The van der Waals surface area contributed by atoms with Crippen LogP contribution < -0.4 is 10.4 Å². The fraction of sp³-hybridized carbons (Fsp3) is 0.586. The molecule has 0 fully saturated rings. The number of hydrogen-bond donors (Lipinski definition) is 0. The Morgan fingerprint density at radius 3 is 1.10 bits per heavy atom. The molecule has 0 aliphatic carbocycles. The Bertz CT molecular complexity index is 1220. The molecule has 3 radical (unpaired) electrons. The Morgan fingerprint density at radius 1 is 0.375 bits per heavy atom. The van der Waals surface area contributed by atoms with E-state index in [0.717, 1.165) is 10.4 Å². The highest BCUT2D eigenvalue weighted by molar-refractivity contribution is 7.02. The van der Waals surface area contributed by atoms with Crippen LogP contribution in [-0.2, 0) is 37.0 Å². The van der Waals surface area contributed by atoms with Crippen molar-refractivity contribution in [1.82, 2.24) is 0 Å². The molecule has 0 aromatic heterocycles. The topological polar surface area (TPSA) is 83.1 Å². The Balaban J connectivity index is 2.19. The van der Waals surface area contributed by atoms with E-state index in [1.807, 2.05) is 31.8 Å². The summed E-state index contributed by atoms with van der Waals surface area (Å²) < 4.78 is 60.0. The molecule has 0 atom stereocenters. The number of rotatable bonds is 20. The second kappa shape index (κ2) is 17.4. The molecule has 0 N–H and O–H groups in total. The van der Waals surface area contributed by atoms with Gasteiger partial charge in [-0.1, -0.05) is 60.7 Å². The summed E-state index contributed by atoms with van der Waals surface area (Å²) >= 11 is 0. The summed E-state index contributed by atoms with van der Waals surface area (Å²) in [5.41, 5.74) is 0. The van der Waals surface area contributed by atoms with E-state index in [-0.39, 0.29) is 0 Å². The molecule has 271 valence electrons. The Hall–Kier alpha value is 0.249. The van der Waals surface area contributed by atoms with Gasteiger partial charge in [0, 0.05) is 0 Å². The Kier molecular flexibility index (Phi) is 16.1. The molecule has 0 heterocycles. The van der Waals surface area contributed by atoms with Crippen molar-refractivity contribution in [3.05, 3.63) is 60.7 Å². The Labute approximate surface area is 305 Å². The fourth-order valence-electron chi connectivity index (χ4n) is 5.62. The first-order chi connectivity index (χ1) is 21.6. The van der Waals surface area contributed by atoms with Crippen molar-refractivity contribution in [1.29, 1.82) is 0 Å². The molecule has 48 heavy (non-hydrogen) atoms. The van der Waals surface area contributed by atoms with Crippen molar-refractivity contribution in [3.8, 4) is 0 Å². The second-order valence-corrected chi connectivity index (χ2v) is 47.9. The van der Waals surface area contributed by atoms with Crippen molar-refractivity contribution in [2.24, 2.45) is 0 Å². The second-order valence-electron chi connectivity index (χ2n) is 15.6. The van der Waals surface area contributed by atoms with Crippen LogP contribution in [0.1, 0.15) is 0 Å². The molecule has 2 rings (SSSR count). The van der Waals surface area contributed by atoms with Gasteiger partial charge < -0.3 is 37.0 Å². The fourth-order valence-corrected chi connectivity index (χ4v) is 43.3. The molecule has 0 unspecified atom stereocenters. The summed E-state index contributed by atoms with van der Waals surface area (Å²) in [6.07, 6.45) is 0. The van der Waals surface area contributed by atoms with E-state index in [1.54, 1.807) is 0 Å². The van der Waals surface area contributed by atoms with Crippen LogP contribution in [0.3, 0.4) is 0 Å². The summed E-state index contributed by atoms with van der Waals surface area (Å²) in [5.74, 6) is 0. The van der Waals surface area contributed by atoms with Crippen LogP contribution in [-0.4, -0.2) is 87.3 Å². The van der Waals surface area contributed by atoms with Crippen molar-refractivity contribution < 1.29 is 37.0 Å². The lowest BCUT2D eigenvalue weighted by atomic mass is 10.4. The van der Waals surface area contributed by atoms with E-state index in [2.05, 4.69) is 140 Å². The van der Waals surface area contributed by atoms with E-state index in [4.69, 9.17) is 37.0 Å². The van der Waals surface area contributed by atoms with Crippen molar-refractivity contribution in [2.45, 2.75) is 111 Å². The van der Waals surface area contributed by atoms with Gasteiger partial charge in [0.05, 0.1) is 0 Å². The van der Waals surface area contributed by atoms with E-state index in [0.29, 0.717) is 0 Å². The zero-order chi connectivity index (χ0) is 36.8. The van der Waals surface area contributed by atoms with Gasteiger partial charge in [-0.15, -0.1) is 0 Å². The van der Waals surface area contributed by atoms with Crippen LogP contribution in [0.5, 0.6) is 0 Å². The zero-order valence-electron chi connectivity index (χ0n) is 32.4. The first kappa shape index (κ1) is 44.4. The molecule has 19 heteroatoms. The van der Waals surface area contributed by atoms with Crippen LogP contribution >= 0.6 is 0 Å². The third kappa shape index (κ3) is 16.3. The minimum Gasteiger partial charge on any atom is -0.436 e. The van der Waals surface area contributed by atoms with Crippen molar-refractivity contribution >= 4 is 97.7 Å². The average molecular weight is 835 g/mol. The molecule has 0 amide bonds. The highest BCUT2D eigenvalue weighted by Gasteiger charge is 2.53. The van der Waals surface area contributed by atoms with Crippen molar-refractivity contribution in [3.63, 3.8) is 0 Å². The van der Waals surface area contributed by atoms with Gasteiger partial charge in [0.1, 0.15) is 0 Å². The average Bonchev–Trinajstić information content (AvgIpc) is 2.84. The van der Waals surface area contributed by atoms with Gasteiger partial charge >= 0.3 is 70.7 Å². The van der Waals surface area contributed by atoms with Crippen LogP contribution in [0.4, 0.5) is 0 Å². The first-order valence-electron chi connectivity index (χ1n) is 16.5. The molecular formula is C29H61O9Si10. The van der Waals surface area contributed by atoms with E-state index < -0.39 is 87.3 Å². The lowest BCUT2D eigenvalue weighted by molar-refractivity contribution is 0.269. The monoisotopic (exact) mass is 833 g/mol. The zero-order valence-corrected chi connectivity index (χ0v) is 42.4. The standard InChI is InChI=1S/C29H61O9Si10/c1-39(30-40(2)32-42(4,5)6)31-41(3)33-44(10,11)35-45(12,13)36-46(14,15)37-47(16,17)38-48(34-43(7,8)9,28-24-20-18-21-25-28)29-26-22-19-23-27-29/h18-27H,1-17H3. The molecule has 0 saturated carbocycles. The first-order valence-corrected chi connectivity index (χ1v) is 41.8. The minimum absolute atomic E-state index is 1.08.